The first-order chi connectivity index (χ1) is 17.0. The van der Waals surface area contributed by atoms with Gasteiger partial charge in [-0.2, -0.15) is 5.10 Å². The maximum Gasteiger partial charge on any atom is 0.159 e. The van der Waals surface area contributed by atoms with Crippen molar-refractivity contribution in [2.24, 2.45) is 0 Å². The van der Waals surface area contributed by atoms with Gasteiger partial charge in [-0.25, -0.2) is 14.6 Å². The van der Waals surface area contributed by atoms with E-state index in [1.165, 1.54) is 11.1 Å². The largest absolute Gasteiger partial charge is 0.391 e. The van der Waals surface area contributed by atoms with Gasteiger partial charge in [-0.1, -0.05) is 0 Å². The maximum atomic E-state index is 11.1. The Hall–Kier alpha value is -2.59. The normalized spacial score (nSPS) is 29.3. The number of benzene rings is 1. The van der Waals surface area contributed by atoms with Crippen molar-refractivity contribution < 1.29 is 14.6 Å². The number of anilines is 1. The van der Waals surface area contributed by atoms with E-state index in [1.54, 1.807) is 0 Å². The Morgan fingerprint density at radius 1 is 1.00 bits per heavy atom. The molecule has 2 aromatic heterocycles. The second-order valence-corrected chi connectivity index (χ2v) is 10.6. The lowest BCUT2D eigenvalue weighted by atomic mass is 9.83. The van der Waals surface area contributed by atoms with Crippen molar-refractivity contribution >= 4 is 16.7 Å². The fraction of sp³-hybridized carbons (Fsp3) is 0.577. The third-order valence-corrected chi connectivity index (χ3v) is 8.33. The van der Waals surface area contributed by atoms with Gasteiger partial charge in [0.15, 0.2) is 5.82 Å². The molecule has 1 N–H and O–H groups in total. The second-order valence-electron chi connectivity index (χ2n) is 10.6. The highest BCUT2D eigenvalue weighted by molar-refractivity contribution is 5.82. The number of nitrogens with zero attached hydrogens (tertiary/aromatic N) is 6. The van der Waals surface area contributed by atoms with Gasteiger partial charge < -0.3 is 19.5 Å². The summed E-state index contributed by atoms with van der Waals surface area (Å²) < 4.78 is 13.1. The topological polar surface area (TPSA) is 88.8 Å². The van der Waals surface area contributed by atoms with Gasteiger partial charge in [0.05, 0.1) is 55.8 Å². The van der Waals surface area contributed by atoms with E-state index in [9.17, 15) is 5.11 Å². The van der Waals surface area contributed by atoms with Gasteiger partial charge in [-0.15, -0.1) is 0 Å². The summed E-state index contributed by atoms with van der Waals surface area (Å²) in [4.78, 5) is 14.2. The minimum Gasteiger partial charge on any atom is -0.391 e. The first-order valence-electron chi connectivity index (χ1n) is 12.8. The predicted octanol–water partition coefficient (Wildman–Crippen LogP) is 1.96. The third-order valence-electron chi connectivity index (χ3n) is 8.33. The van der Waals surface area contributed by atoms with Crippen molar-refractivity contribution in [3.8, 4) is 5.82 Å². The van der Waals surface area contributed by atoms with Gasteiger partial charge in [0.1, 0.15) is 11.6 Å². The summed E-state index contributed by atoms with van der Waals surface area (Å²) in [5.41, 5.74) is 3.42. The van der Waals surface area contributed by atoms with Crippen LogP contribution in [-0.2, 0) is 9.47 Å². The molecule has 6 heterocycles. The summed E-state index contributed by atoms with van der Waals surface area (Å²) in [5, 5.41) is 16.9. The highest BCUT2D eigenvalue weighted by Crippen LogP contribution is 2.36. The summed E-state index contributed by atoms with van der Waals surface area (Å²) in [5.74, 6) is 2.58. The van der Waals surface area contributed by atoms with E-state index in [0.29, 0.717) is 24.7 Å². The SMILES string of the molecule is Cc1nc(N2C[C@H]3C[C@@H]2CO3)cc(-n2ncc3cc(C)c(C4CCN(C5COC5)CC4O)cc32)n1. The molecular weight excluding hydrogens is 444 g/mol. The zero-order valence-electron chi connectivity index (χ0n) is 20.3. The first kappa shape index (κ1) is 21.7. The number of hydrogen-bond acceptors (Lipinski definition) is 8. The average Bonchev–Trinajstić information content (AvgIpc) is 3.53. The summed E-state index contributed by atoms with van der Waals surface area (Å²) in [6.07, 6.45) is 3.83. The van der Waals surface area contributed by atoms with E-state index < -0.39 is 6.10 Å². The molecule has 3 aromatic rings. The molecule has 0 amide bonds. The summed E-state index contributed by atoms with van der Waals surface area (Å²) in [6.45, 7) is 8.99. The van der Waals surface area contributed by atoms with Crippen LogP contribution in [0.1, 0.15) is 35.7 Å². The molecule has 0 spiro atoms. The Labute approximate surface area is 204 Å². The van der Waals surface area contributed by atoms with Gasteiger partial charge in [0, 0.05) is 30.5 Å². The molecule has 4 atom stereocenters. The number of likely N-dealkylation sites (tertiary alicyclic amines) is 1. The van der Waals surface area contributed by atoms with E-state index >= 15 is 0 Å². The van der Waals surface area contributed by atoms with E-state index in [4.69, 9.17) is 24.5 Å². The highest BCUT2D eigenvalue weighted by atomic mass is 16.5. The molecule has 2 unspecified atom stereocenters. The Morgan fingerprint density at radius 3 is 2.57 bits per heavy atom. The number of morpholine rings is 1. The number of rotatable bonds is 4. The second kappa shape index (κ2) is 8.23. The molecule has 4 saturated heterocycles. The maximum absolute atomic E-state index is 11.1. The summed E-state index contributed by atoms with van der Waals surface area (Å²) in [7, 11) is 0. The molecule has 9 nitrogen and oxygen atoms in total. The van der Waals surface area contributed by atoms with Crippen LogP contribution in [0.5, 0.6) is 0 Å². The van der Waals surface area contributed by atoms with Crippen molar-refractivity contribution in [2.45, 2.75) is 56.9 Å². The van der Waals surface area contributed by atoms with Crippen LogP contribution in [0.2, 0.25) is 0 Å². The standard InChI is InChI=1S/C26H32N6O3/c1-15-5-17-9-27-32(26-8-25(28-16(2)29-26)31-10-20-6-18(31)14-35-20)23(17)7-22(15)21-3-4-30(11-24(21)33)19-12-34-13-19/h5,7-9,18-21,24,33H,3-4,6,10-14H2,1-2H3/t18-,20-,21?,24?/m1/s1. The molecule has 4 fully saturated rings. The van der Waals surface area contributed by atoms with Crippen molar-refractivity contribution in [2.75, 3.05) is 44.4 Å². The molecule has 9 heteroatoms. The van der Waals surface area contributed by atoms with Crippen LogP contribution in [0.3, 0.4) is 0 Å². The van der Waals surface area contributed by atoms with Crippen LogP contribution < -0.4 is 4.90 Å². The van der Waals surface area contributed by atoms with Crippen LogP contribution in [0, 0.1) is 13.8 Å². The summed E-state index contributed by atoms with van der Waals surface area (Å²) >= 11 is 0. The number of ether oxygens (including phenoxy) is 2. The number of aliphatic hydroxyl groups is 1. The zero-order chi connectivity index (χ0) is 23.7. The van der Waals surface area contributed by atoms with Gasteiger partial charge in [-0.3, -0.25) is 4.90 Å². The molecule has 35 heavy (non-hydrogen) atoms. The lowest BCUT2D eigenvalue weighted by Gasteiger charge is -2.43. The first-order valence-corrected chi connectivity index (χ1v) is 12.8. The smallest absolute Gasteiger partial charge is 0.159 e. The van der Waals surface area contributed by atoms with Gasteiger partial charge >= 0.3 is 0 Å². The number of β-amino-alcohol motifs (C(OH)–C–C–N with tert-alkyl or cyclic N) is 1. The number of piperidine rings is 1. The zero-order valence-corrected chi connectivity index (χ0v) is 20.3. The molecule has 7 rings (SSSR count). The van der Waals surface area contributed by atoms with Crippen molar-refractivity contribution in [3.05, 3.63) is 41.3 Å². The van der Waals surface area contributed by atoms with Crippen LogP contribution in [0.25, 0.3) is 16.7 Å². The van der Waals surface area contributed by atoms with Crippen LogP contribution in [-0.4, -0.2) is 93.5 Å². The number of fused-ring (bicyclic) bond motifs is 3. The van der Waals surface area contributed by atoms with Crippen molar-refractivity contribution in [1.82, 2.24) is 24.6 Å². The Kier molecular flexibility index (Phi) is 5.10. The Bertz CT molecular complexity index is 1270. The van der Waals surface area contributed by atoms with Gasteiger partial charge in [-0.05, 0) is 56.5 Å². The van der Waals surface area contributed by atoms with Gasteiger partial charge in [0.2, 0.25) is 0 Å². The van der Waals surface area contributed by atoms with Crippen LogP contribution >= 0.6 is 0 Å². The van der Waals surface area contributed by atoms with E-state index in [1.807, 2.05) is 23.9 Å². The fourth-order valence-corrected chi connectivity index (χ4v) is 6.34. The van der Waals surface area contributed by atoms with Crippen LogP contribution in [0.4, 0.5) is 5.82 Å². The molecule has 0 aliphatic carbocycles. The molecule has 184 valence electrons. The Balaban J connectivity index is 1.22. The molecule has 0 saturated carbocycles. The molecular formula is C26H32N6O3. The third kappa shape index (κ3) is 3.64. The minimum atomic E-state index is -0.391. The molecule has 1 aromatic carbocycles. The lowest BCUT2D eigenvalue weighted by molar-refractivity contribution is -0.0888. The number of aryl methyl sites for hydroxylation is 2. The van der Waals surface area contributed by atoms with Gasteiger partial charge in [0.25, 0.3) is 0 Å². The molecule has 2 bridgehead atoms. The quantitative estimate of drug-likeness (QED) is 0.612. The minimum absolute atomic E-state index is 0.114. The lowest BCUT2D eigenvalue weighted by Crippen LogP contribution is -2.55. The predicted molar refractivity (Wildman–Crippen MR) is 131 cm³/mol. The number of hydrogen-bond donors (Lipinski definition) is 1. The molecule has 4 aliphatic heterocycles. The van der Waals surface area contributed by atoms with Crippen LogP contribution in [0.15, 0.2) is 24.4 Å². The molecule has 4 aliphatic rings. The number of aliphatic hydroxyl groups excluding tert-OH is 1. The monoisotopic (exact) mass is 476 g/mol. The fourth-order valence-electron chi connectivity index (χ4n) is 6.34. The molecule has 0 radical (unpaired) electrons. The summed E-state index contributed by atoms with van der Waals surface area (Å²) in [6, 6.07) is 7.32. The highest BCUT2D eigenvalue weighted by Gasteiger charge is 2.40. The Morgan fingerprint density at radius 2 is 1.86 bits per heavy atom. The van der Waals surface area contributed by atoms with E-state index in [2.05, 4.69) is 28.9 Å². The van der Waals surface area contributed by atoms with Crippen molar-refractivity contribution in [1.29, 1.82) is 0 Å². The van der Waals surface area contributed by atoms with E-state index in [0.717, 1.165) is 74.1 Å². The van der Waals surface area contributed by atoms with E-state index in [-0.39, 0.29) is 5.92 Å². The number of aromatic nitrogens is 4. The van der Waals surface area contributed by atoms with Crippen molar-refractivity contribution in [3.63, 3.8) is 0 Å². The average molecular weight is 477 g/mol.